The predicted molar refractivity (Wildman–Crippen MR) is 67.6 cm³/mol. The van der Waals surface area contributed by atoms with Gasteiger partial charge in [-0.25, -0.2) is 8.42 Å². The first kappa shape index (κ1) is 13.5. The van der Waals surface area contributed by atoms with Crippen LogP contribution in [0.3, 0.4) is 0 Å². The van der Waals surface area contributed by atoms with Crippen LogP contribution in [0.15, 0.2) is 24.3 Å². The van der Waals surface area contributed by atoms with Crippen molar-refractivity contribution in [2.45, 2.75) is 12.5 Å². The summed E-state index contributed by atoms with van der Waals surface area (Å²) in [5, 5.41) is 3.79. The Morgan fingerprint density at radius 1 is 1.31 bits per heavy atom. The molecule has 0 saturated heterocycles. The van der Waals surface area contributed by atoms with Crippen LogP contribution in [0.5, 0.6) is 0 Å². The van der Waals surface area contributed by atoms with Crippen LogP contribution in [0.1, 0.15) is 18.0 Å². The first-order valence-corrected chi connectivity index (χ1v) is 7.46. The molecule has 5 heteroatoms. The average molecular weight is 262 g/mol. The van der Waals surface area contributed by atoms with Gasteiger partial charge in [-0.05, 0) is 31.2 Å². The molecule has 0 aliphatic carbocycles. The van der Waals surface area contributed by atoms with Crippen molar-refractivity contribution in [3.8, 4) is 0 Å². The molecule has 3 nitrogen and oxygen atoms in total. The lowest BCUT2D eigenvalue weighted by Crippen LogP contribution is -2.19. The summed E-state index contributed by atoms with van der Waals surface area (Å²) in [7, 11) is -1.09. The Morgan fingerprint density at radius 2 is 1.88 bits per heavy atom. The molecule has 1 unspecified atom stereocenters. The predicted octanol–water partition coefficient (Wildman–Crippen LogP) is 2.04. The highest BCUT2D eigenvalue weighted by molar-refractivity contribution is 7.90. The van der Waals surface area contributed by atoms with Crippen LogP contribution in [0.25, 0.3) is 0 Å². The molecule has 1 rings (SSSR count). The Labute approximate surface area is 102 Å². The van der Waals surface area contributed by atoms with E-state index in [1.54, 1.807) is 0 Å². The number of hydrogen-bond acceptors (Lipinski definition) is 3. The zero-order chi connectivity index (χ0) is 12.2. The normalized spacial score (nSPS) is 13.7. The minimum Gasteiger partial charge on any atom is -0.313 e. The van der Waals surface area contributed by atoms with E-state index in [1.165, 1.54) is 6.26 Å². The van der Waals surface area contributed by atoms with E-state index < -0.39 is 9.84 Å². The number of hydrogen-bond donors (Lipinski definition) is 1. The third kappa shape index (κ3) is 4.51. The van der Waals surface area contributed by atoms with E-state index in [0.717, 1.165) is 5.56 Å². The summed E-state index contributed by atoms with van der Waals surface area (Å²) in [6.45, 7) is 0. The fourth-order valence-electron chi connectivity index (χ4n) is 1.50. The first-order chi connectivity index (χ1) is 7.42. The van der Waals surface area contributed by atoms with Crippen molar-refractivity contribution in [2.75, 3.05) is 19.1 Å². The van der Waals surface area contributed by atoms with E-state index in [2.05, 4.69) is 5.32 Å². The topological polar surface area (TPSA) is 46.2 Å². The SMILES string of the molecule is CNC(CCS(C)(=O)=O)c1ccc(Cl)cc1. The molecule has 1 aromatic rings. The van der Waals surface area contributed by atoms with Crippen molar-refractivity contribution in [3.05, 3.63) is 34.9 Å². The quantitative estimate of drug-likeness (QED) is 0.882. The summed E-state index contributed by atoms with van der Waals surface area (Å²) in [6, 6.07) is 7.48. The number of benzene rings is 1. The summed E-state index contributed by atoms with van der Waals surface area (Å²) >= 11 is 5.79. The molecule has 0 aliphatic heterocycles. The number of rotatable bonds is 5. The van der Waals surface area contributed by atoms with Crippen LogP contribution >= 0.6 is 11.6 Å². The summed E-state index contributed by atoms with van der Waals surface area (Å²) in [5.74, 6) is 0.182. The lowest BCUT2D eigenvalue weighted by molar-refractivity contribution is 0.559. The molecular weight excluding hydrogens is 246 g/mol. The van der Waals surface area contributed by atoms with Gasteiger partial charge in [-0.2, -0.15) is 0 Å². The highest BCUT2D eigenvalue weighted by Gasteiger charge is 2.12. The zero-order valence-electron chi connectivity index (χ0n) is 9.40. The smallest absolute Gasteiger partial charge is 0.147 e. The van der Waals surface area contributed by atoms with Crippen LogP contribution < -0.4 is 5.32 Å². The number of nitrogens with one attached hydrogen (secondary N) is 1. The monoisotopic (exact) mass is 261 g/mol. The van der Waals surface area contributed by atoms with Crippen molar-refractivity contribution in [1.29, 1.82) is 0 Å². The van der Waals surface area contributed by atoms with Gasteiger partial charge in [-0.1, -0.05) is 23.7 Å². The van der Waals surface area contributed by atoms with Crippen LogP contribution in [0.4, 0.5) is 0 Å². The van der Waals surface area contributed by atoms with Gasteiger partial charge < -0.3 is 5.32 Å². The molecule has 0 heterocycles. The van der Waals surface area contributed by atoms with Crippen LogP contribution in [-0.4, -0.2) is 27.5 Å². The molecule has 1 aromatic carbocycles. The molecule has 90 valence electrons. The Hall–Kier alpha value is -0.580. The zero-order valence-corrected chi connectivity index (χ0v) is 11.0. The molecule has 0 fully saturated rings. The van der Waals surface area contributed by atoms with Gasteiger partial charge >= 0.3 is 0 Å². The third-order valence-corrected chi connectivity index (χ3v) is 3.63. The average Bonchev–Trinajstić information content (AvgIpc) is 2.20. The van der Waals surface area contributed by atoms with Gasteiger partial charge in [0.05, 0.1) is 5.75 Å². The van der Waals surface area contributed by atoms with E-state index in [4.69, 9.17) is 11.6 Å². The lowest BCUT2D eigenvalue weighted by atomic mass is 10.1. The Kier molecular flexibility index (Phi) is 4.77. The van der Waals surface area contributed by atoms with Gasteiger partial charge in [0, 0.05) is 17.3 Å². The van der Waals surface area contributed by atoms with Gasteiger partial charge in [-0.15, -0.1) is 0 Å². The molecule has 0 radical (unpaired) electrons. The second-order valence-electron chi connectivity index (χ2n) is 3.81. The largest absolute Gasteiger partial charge is 0.313 e. The molecule has 0 bridgehead atoms. The standard InChI is InChI=1S/C11H16ClNO2S/c1-13-11(7-8-16(2,14)15)9-3-5-10(12)6-4-9/h3-6,11,13H,7-8H2,1-2H3. The van der Waals surface area contributed by atoms with Crippen molar-refractivity contribution in [2.24, 2.45) is 0 Å². The van der Waals surface area contributed by atoms with E-state index in [0.29, 0.717) is 11.4 Å². The minimum absolute atomic E-state index is 0.0481. The maximum atomic E-state index is 11.1. The molecule has 0 amide bonds. The molecule has 1 atom stereocenters. The van der Waals surface area contributed by atoms with Crippen molar-refractivity contribution < 1.29 is 8.42 Å². The van der Waals surface area contributed by atoms with Gasteiger partial charge in [-0.3, -0.25) is 0 Å². The Morgan fingerprint density at radius 3 is 2.31 bits per heavy atom. The third-order valence-electron chi connectivity index (χ3n) is 2.40. The fourth-order valence-corrected chi connectivity index (χ4v) is 2.29. The van der Waals surface area contributed by atoms with Crippen molar-refractivity contribution in [1.82, 2.24) is 5.32 Å². The highest BCUT2D eigenvalue weighted by atomic mass is 35.5. The van der Waals surface area contributed by atoms with Gasteiger partial charge in [0.1, 0.15) is 9.84 Å². The highest BCUT2D eigenvalue weighted by Crippen LogP contribution is 2.19. The van der Waals surface area contributed by atoms with Crippen LogP contribution in [0, 0.1) is 0 Å². The number of sulfone groups is 1. The first-order valence-electron chi connectivity index (χ1n) is 5.03. The summed E-state index contributed by atoms with van der Waals surface area (Å²) < 4.78 is 22.2. The minimum atomic E-state index is -2.91. The maximum absolute atomic E-state index is 11.1. The van der Waals surface area contributed by atoms with Gasteiger partial charge in [0.15, 0.2) is 0 Å². The van der Waals surface area contributed by atoms with E-state index in [1.807, 2.05) is 31.3 Å². The maximum Gasteiger partial charge on any atom is 0.147 e. The Bertz CT molecular complexity index is 428. The molecule has 0 aliphatic rings. The Balaban J connectivity index is 2.71. The second kappa shape index (κ2) is 5.66. The lowest BCUT2D eigenvalue weighted by Gasteiger charge is -2.16. The molecule has 0 spiro atoms. The van der Waals surface area contributed by atoms with Gasteiger partial charge in [0.25, 0.3) is 0 Å². The van der Waals surface area contributed by atoms with Crippen LogP contribution in [-0.2, 0) is 9.84 Å². The molecular formula is C11H16ClNO2S. The second-order valence-corrected chi connectivity index (χ2v) is 6.51. The van der Waals surface area contributed by atoms with E-state index in [-0.39, 0.29) is 11.8 Å². The van der Waals surface area contributed by atoms with Crippen molar-refractivity contribution in [3.63, 3.8) is 0 Å². The molecule has 16 heavy (non-hydrogen) atoms. The fraction of sp³-hybridized carbons (Fsp3) is 0.455. The van der Waals surface area contributed by atoms with E-state index >= 15 is 0 Å². The van der Waals surface area contributed by atoms with Crippen molar-refractivity contribution >= 4 is 21.4 Å². The summed E-state index contributed by atoms with van der Waals surface area (Å²) in [6.07, 6.45) is 1.82. The van der Waals surface area contributed by atoms with Gasteiger partial charge in [0.2, 0.25) is 0 Å². The summed E-state index contributed by atoms with van der Waals surface area (Å²) in [4.78, 5) is 0. The summed E-state index contributed by atoms with van der Waals surface area (Å²) in [5.41, 5.74) is 1.05. The number of halogens is 1. The van der Waals surface area contributed by atoms with E-state index in [9.17, 15) is 8.42 Å². The molecule has 0 aromatic heterocycles. The molecule has 1 N–H and O–H groups in total. The molecule has 0 saturated carbocycles. The van der Waals surface area contributed by atoms with Crippen LogP contribution in [0.2, 0.25) is 5.02 Å².